The number of nitro groups is 1. The second kappa shape index (κ2) is 4.08. The van der Waals surface area contributed by atoms with Crippen LogP contribution in [0, 0.1) is 28.4 Å². The molecule has 8 heteroatoms. The van der Waals surface area contributed by atoms with E-state index in [4.69, 9.17) is 15.9 Å². The third-order valence-corrected chi connectivity index (χ3v) is 3.31. The van der Waals surface area contributed by atoms with Crippen LogP contribution in [0.3, 0.4) is 0 Å². The van der Waals surface area contributed by atoms with E-state index >= 15 is 0 Å². The zero-order valence-electron chi connectivity index (χ0n) is 7.97. The quantitative estimate of drug-likeness (QED) is 0.457. The lowest BCUT2D eigenvalue weighted by molar-refractivity contribution is -0.387. The molecule has 6 nitrogen and oxygen atoms in total. The Morgan fingerprint density at radius 1 is 1.50 bits per heavy atom. The monoisotopic (exact) mass is 260 g/mol. The summed E-state index contributed by atoms with van der Waals surface area (Å²) in [6.45, 7) is 1.34. The van der Waals surface area contributed by atoms with Gasteiger partial charge in [-0.2, -0.15) is 5.26 Å². The van der Waals surface area contributed by atoms with Crippen molar-refractivity contribution >= 4 is 25.4 Å². The Kier molecular flexibility index (Phi) is 3.16. The van der Waals surface area contributed by atoms with Crippen LogP contribution in [0.5, 0.6) is 0 Å². The molecule has 1 aromatic rings. The van der Waals surface area contributed by atoms with Gasteiger partial charge in [0.2, 0.25) is 0 Å². The largest absolute Gasteiger partial charge is 0.290 e. The fourth-order valence-electron chi connectivity index (χ4n) is 1.27. The van der Waals surface area contributed by atoms with Gasteiger partial charge in [-0.05, 0) is 18.6 Å². The van der Waals surface area contributed by atoms with E-state index < -0.39 is 24.6 Å². The molecule has 0 heterocycles. The van der Waals surface area contributed by atoms with Gasteiger partial charge < -0.3 is 0 Å². The van der Waals surface area contributed by atoms with Gasteiger partial charge in [-0.3, -0.25) is 10.1 Å². The minimum Gasteiger partial charge on any atom is -0.258 e. The summed E-state index contributed by atoms with van der Waals surface area (Å²) in [7, 11) is 0.880. The normalized spacial score (nSPS) is 10.8. The summed E-state index contributed by atoms with van der Waals surface area (Å²) in [5.74, 6) is 0. The summed E-state index contributed by atoms with van der Waals surface area (Å²) < 4.78 is 22.3. The molecule has 0 saturated carbocycles. The Labute approximate surface area is 95.6 Å². The summed E-state index contributed by atoms with van der Waals surface area (Å²) in [4.78, 5) is 9.20. The average Bonchev–Trinajstić information content (AvgIpc) is 2.14. The van der Waals surface area contributed by atoms with Gasteiger partial charge in [0, 0.05) is 16.7 Å². The van der Waals surface area contributed by atoms with Crippen molar-refractivity contribution in [3.8, 4) is 6.07 Å². The molecule has 0 unspecified atom stereocenters. The van der Waals surface area contributed by atoms with Crippen LogP contribution in [0.2, 0.25) is 0 Å². The topological polar surface area (TPSA) is 101 Å². The van der Waals surface area contributed by atoms with Crippen LogP contribution in [0.4, 0.5) is 5.69 Å². The van der Waals surface area contributed by atoms with Crippen LogP contribution < -0.4 is 0 Å². The smallest absolute Gasteiger partial charge is 0.258 e. The Hall–Kier alpha value is -1.65. The first-order chi connectivity index (χ1) is 7.27. The van der Waals surface area contributed by atoms with Crippen molar-refractivity contribution in [3.63, 3.8) is 0 Å². The number of rotatable bonds is 2. The Morgan fingerprint density at radius 3 is 2.44 bits per heavy atom. The number of halogens is 1. The van der Waals surface area contributed by atoms with E-state index in [9.17, 15) is 18.5 Å². The highest BCUT2D eigenvalue weighted by molar-refractivity contribution is 8.13. The van der Waals surface area contributed by atoms with Gasteiger partial charge >= 0.3 is 0 Å². The molecule has 16 heavy (non-hydrogen) atoms. The van der Waals surface area contributed by atoms with E-state index in [0.29, 0.717) is 0 Å². The molecule has 0 aliphatic heterocycles. The number of nitrogens with zero attached hydrogens (tertiary/aromatic N) is 2. The molecule has 0 spiro atoms. The molecule has 1 rings (SSSR count). The van der Waals surface area contributed by atoms with Crippen LogP contribution in [-0.2, 0) is 9.05 Å². The van der Waals surface area contributed by atoms with Crippen molar-refractivity contribution in [1.29, 1.82) is 5.26 Å². The second-order valence-electron chi connectivity index (χ2n) is 2.95. The van der Waals surface area contributed by atoms with Gasteiger partial charge in [0.05, 0.1) is 16.6 Å². The highest BCUT2D eigenvalue weighted by atomic mass is 35.7. The van der Waals surface area contributed by atoms with Crippen LogP contribution in [-0.4, -0.2) is 13.3 Å². The molecule has 1 aromatic carbocycles. The van der Waals surface area contributed by atoms with Crippen LogP contribution in [0.15, 0.2) is 17.0 Å². The van der Waals surface area contributed by atoms with Gasteiger partial charge in [-0.1, -0.05) is 0 Å². The standard InChI is InChI=1S/C8H5ClN2O4S/c1-5-2-6(4-10)3-7(11(12)13)8(5)16(9,14)15/h2-3H,1H3. The molecule has 0 atom stereocenters. The first-order valence-electron chi connectivity index (χ1n) is 3.91. The molecule has 0 aliphatic carbocycles. The lowest BCUT2D eigenvalue weighted by Crippen LogP contribution is -2.02. The molecule has 0 fully saturated rings. The number of aryl methyl sites for hydroxylation is 1. The van der Waals surface area contributed by atoms with E-state index in [1.807, 2.05) is 0 Å². The van der Waals surface area contributed by atoms with Gasteiger partial charge in [0.1, 0.15) is 0 Å². The van der Waals surface area contributed by atoms with E-state index in [2.05, 4.69) is 0 Å². The summed E-state index contributed by atoms with van der Waals surface area (Å²) in [6, 6.07) is 3.80. The zero-order chi connectivity index (χ0) is 12.5. The number of benzene rings is 1. The number of hydrogen-bond acceptors (Lipinski definition) is 5. The minimum absolute atomic E-state index is 0.00765. The van der Waals surface area contributed by atoms with E-state index in [1.165, 1.54) is 13.0 Å². The summed E-state index contributed by atoms with van der Waals surface area (Å²) >= 11 is 0. The van der Waals surface area contributed by atoms with Crippen molar-refractivity contribution in [1.82, 2.24) is 0 Å². The Morgan fingerprint density at radius 2 is 2.06 bits per heavy atom. The molecular weight excluding hydrogens is 256 g/mol. The minimum atomic E-state index is -4.21. The fraction of sp³-hybridized carbons (Fsp3) is 0.125. The summed E-state index contributed by atoms with van der Waals surface area (Å²) in [5, 5.41) is 19.3. The lowest BCUT2D eigenvalue weighted by Gasteiger charge is -2.03. The van der Waals surface area contributed by atoms with E-state index in [1.54, 1.807) is 6.07 Å². The van der Waals surface area contributed by atoms with Crippen molar-refractivity contribution < 1.29 is 13.3 Å². The molecule has 84 valence electrons. The second-order valence-corrected chi connectivity index (χ2v) is 5.45. The molecule has 0 bridgehead atoms. The number of hydrogen-bond donors (Lipinski definition) is 0. The molecule has 0 aliphatic rings. The van der Waals surface area contributed by atoms with Gasteiger partial charge in [-0.25, -0.2) is 8.42 Å². The lowest BCUT2D eigenvalue weighted by atomic mass is 10.1. The van der Waals surface area contributed by atoms with Gasteiger partial charge in [0.15, 0.2) is 4.90 Å². The molecule has 0 amide bonds. The van der Waals surface area contributed by atoms with E-state index in [-0.39, 0.29) is 11.1 Å². The predicted molar refractivity (Wildman–Crippen MR) is 55.6 cm³/mol. The van der Waals surface area contributed by atoms with Crippen molar-refractivity contribution in [2.24, 2.45) is 0 Å². The maximum absolute atomic E-state index is 11.2. The predicted octanol–water partition coefficient (Wildman–Crippen LogP) is 1.70. The van der Waals surface area contributed by atoms with Crippen molar-refractivity contribution in [2.45, 2.75) is 11.8 Å². The highest BCUT2D eigenvalue weighted by Gasteiger charge is 2.27. The van der Waals surface area contributed by atoms with Crippen molar-refractivity contribution in [3.05, 3.63) is 33.4 Å². The third-order valence-electron chi connectivity index (χ3n) is 1.82. The SMILES string of the molecule is Cc1cc(C#N)cc([N+](=O)[O-])c1S(=O)(=O)Cl. The molecule has 0 radical (unpaired) electrons. The average molecular weight is 261 g/mol. The summed E-state index contributed by atoms with van der Waals surface area (Å²) in [5.41, 5.74) is -0.611. The van der Waals surface area contributed by atoms with Gasteiger partial charge in [-0.15, -0.1) is 0 Å². The maximum Gasteiger partial charge on any atom is 0.290 e. The molecular formula is C8H5ClN2O4S. The Balaban J connectivity index is 3.75. The maximum atomic E-state index is 11.2. The van der Waals surface area contributed by atoms with Crippen LogP contribution in [0.1, 0.15) is 11.1 Å². The van der Waals surface area contributed by atoms with Crippen LogP contribution >= 0.6 is 10.7 Å². The van der Waals surface area contributed by atoms with Gasteiger partial charge in [0.25, 0.3) is 14.7 Å². The van der Waals surface area contributed by atoms with Crippen molar-refractivity contribution in [2.75, 3.05) is 0 Å². The molecule has 0 saturated heterocycles. The molecule has 0 aromatic heterocycles. The highest BCUT2D eigenvalue weighted by Crippen LogP contribution is 2.31. The first-order valence-corrected chi connectivity index (χ1v) is 6.22. The van der Waals surface area contributed by atoms with E-state index in [0.717, 1.165) is 6.07 Å². The molecule has 0 N–H and O–H groups in total. The third kappa shape index (κ3) is 2.29. The number of nitriles is 1. The Bertz CT molecular complexity index is 603. The zero-order valence-corrected chi connectivity index (χ0v) is 9.54. The fourth-order valence-corrected chi connectivity index (χ4v) is 2.70. The van der Waals surface area contributed by atoms with Crippen LogP contribution in [0.25, 0.3) is 0 Å². The number of nitro benzene ring substituents is 1. The summed E-state index contributed by atoms with van der Waals surface area (Å²) in [6.07, 6.45) is 0. The first kappa shape index (κ1) is 12.4.